The third-order valence-corrected chi connectivity index (χ3v) is 4.94. The van der Waals surface area contributed by atoms with E-state index in [0.29, 0.717) is 10.3 Å². The van der Waals surface area contributed by atoms with Crippen LogP contribution in [0, 0.1) is 34.4 Å². The second-order valence-electron chi connectivity index (χ2n) is 5.71. The van der Waals surface area contributed by atoms with E-state index >= 15 is 0 Å². The van der Waals surface area contributed by atoms with Crippen molar-refractivity contribution in [2.75, 3.05) is 0 Å². The molecule has 11 nitrogen and oxygen atoms in total. The summed E-state index contributed by atoms with van der Waals surface area (Å²) in [4.78, 5) is 10.0. The third-order valence-electron chi connectivity index (χ3n) is 4.04. The molecule has 0 unspecified atom stereocenters. The van der Waals surface area contributed by atoms with Crippen LogP contribution in [0.5, 0.6) is 11.5 Å². The zero-order chi connectivity index (χ0) is 20.9. The molecule has 0 fully saturated rings. The molecule has 0 amide bonds. The van der Waals surface area contributed by atoms with Crippen LogP contribution in [-0.4, -0.2) is 20.3 Å². The summed E-state index contributed by atoms with van der Waals surface area (Å²) in [5.74, 6) is -2.77. The van der Waals surface area contributed by atoms with Gasteiger partial charge in [-0.25, -0.2) is 4.52 Å². The number of benzene rings is 1. The van der Waals surface area contributed by atoms with Gasteiger partial charge in [0.15, 0.2) is 16.5 Å². The van der Waals surface area contributed by atoms with Crippen molar-refractivity contribution in [1.82, 2.24) is 5.16 Å². The van der Waals surface area contributed by atoms with Gasteiger partial charge in [-0.1, -0.05) is 11.6 Å². The second-order valence-corrected chi connectivity index (χ2v) is 6.45. The summed E-state index contributed by atoms with van der Waals surface area (Å²) in [7, 11) is 0. The minimum Gasteiger partial charge on any atom is -0.708 e. The quantitative estimate of drug-likeness (QED) is 0.160. The first-order valence-corrected chi connectivity index (χ1v) is 8.19. The average molecular weight is 429 g/mol. The van der Waals surface area contributed by atoms with Crippen molar-refractivity contribution in [1.29, 1.82) is 0 Å². The van der Waals surface area contributed by atoms with E-state index in [0.717, 1.165) is 12.1 Å². The highest BCUT2D eigenvalue weighted by molar-refractivity contribution is 6.34. The van der Waals surface area contributed by atoms with Gasteiger partial charge in [-0.15, -0.1) is 0 Å². The van der Waals surface area contributed by atoms with Gasteiger partial charge < -0.3 is 20.6 Å². The van der Waals surface area contributed by atoms with Crippen molar-refractivity contribution in [3.8, 4) is 34.3 Å². The molecule has 0 radical (unpaired) electrons. The number of hydrogen-bond acceptors (Lipinski definition) is 8. The Labute approximate surface area is 165 Å². The summed E-state index contributed by atoms with van der Waals surface area (Å²) in [5, 5.41) is 58.3. The first-order chi connectivity index (χ1) is 13.1. The molecule has 1 aromatic carbocycles. The lowest BCUT2D eigenvalue weighted by Crippen LogP contribution is -2.35. The number of aromatic nitrogens is 3. The number of hydrogen-bond donors (Lipinski definition) is 2. The molecule has 13 heteroatoms. The van der Waals surface area contributed by atoms with Crippen LogP contribution in [0.1, 0.15) is 11.3 Å². The first kappa shape index (κ1) is 19.5. The number of nitro benzene ring substituents is 1. The molecule has 146 valence electrons. The highest BCUT2D eigenvalue weighted by Gasteiger charge is 2.34. The predicted octanol–water partition coefficient (Wildman–Crippen LogP) is 2.52. The van der Waals surface area contributed by atoms with Crippen molar-refractivity contribution in [2.45, 2.75) is 13.8 Å². The highest BCUT2D eigenvalue weighted by Crippen LogP contribution is 2.39. The fourth-order valence-electron chi connectivity index (χ4n) is 2.57. The average Bonchev–Trinajstić information content (AvgIpc) is 3.02. The van der Waals surface area contributed by atoms with E-state index in [2.05, 4.69) is 5.16 Å². The fourth-order valence-corrected chi connectivity index (χ4v) is 3.10. The number of phenols is 2. The van der Waals surface area contributed by atoms with Gasteiger partial charge in [0, 0.05) is 13.0 Å². The van der Waals surface area contributed by atoms with E-state index in [1.807, 2.05) is 0 Å². The highest BCUT2D eigenvalue weighted by atomic mass is 35.5. The molecule has 0 aliphatic heterocycles. The lowest BCUT2D eigenvalue weighted by Gasteiger charge is -2.10. The van der Waals surface area contributed by atoms with Crippen LogP contribution in [0.3, 0.4) is 0 Å². The van der Waals surface area contributed by atoms with E-state index in [4.69, 9.17) is 27.7 Å². The number of nitrogens with zero attached hydrogens (tertiary/aromatic N) is 4. The molecule has 0 saturated heterocycles. The molecule has 0 spiro atoms. The molecule has 28 heavy (non-hydrogen) atoms. The Hall–Kier alpha value is -3.31. The van der Waals surface area contributed by atoms with E-state index in [9.17, 15) is 30.7 Å². The molecule has 0 aliphatic rings. The summed E-state index contributed by atoms with van der Waals surface area (Å²) >= 11 is 12.1. The van der Waals surface area contributed by atoms with Crippen LogP contribution in [0.15, 0.2) is 16.7 Å². The number of nitro groups is 1. The Bertz CT molecular complexity index is 1120. The SMILES string of the molecule is Cc1c(Cl)c(C)[n+]([O-])c(Cl)c1-c1noc(-c2cc(O)c(O)c([N+](=O)[O-])c2)[n+]1[O-]. The minimum atomic E-state index is -0.970. The maximum absolute atomic E-state index is 12.7. The molecule has 2 aromatic heterocycles. The maximum Gasteiger partial charge on any atom is 0.391 e. The Balaban J connectivity index is 2.25. The van der Waals surface area contributed by atoms with E-state index in [-0.39, 0.29) is 31.7 Å². The number of aromatic hydroxyl groups is 2. The van der Waals surface area contributed by atoms with Crippen molar-refractivity contribution in [2.24, 2.45) is 0 Å². The van der Waals surface area contributed by atoms with Crippen molar-refractivity contribution in [3.63, 3.8) is 0 Å². The standard InChI is InChI=1S/C15H10Cl2N4O7/c1-5-10(13(17)19(24)6(2)11(5)16)14-18-28-15(20(14)25)7-3-8(21(26)27)12(23)9(22)4-7/h3-4,22-23H,1-2H3. The Kier molecular flexibility index (Phi) is 4.65. The van der Waals surface area contributed by atoms with Crippen molar-refractivity contribution < 1.29 is 29.1 Å². The largest absolute Gasteiger partial charge is 0.708 e. The van der Waals surface area contributed by atoms with E-state index in [1.54, 1.807) is 0 Å². The van der Waals surface area contributed by atoms with Gasteiger partial charge in [0.25, 0.3) is 0 Å². The molecule has 2 heterocycles. The molecular formula is C15H10Cl2N4O7. The first-order valence-electron chi connectivity index (χ1n) is 7.44. The summed E-state index contributed by atoms with van der Waals surface area (Å²) in [5.41, 5.74) is -0.765. The topological polar surface area (TPSA) is 164 Å². The fraction of sp³-hybridized carbons (Fsp3) is 0.133. The molecular weight excluding hydrogens is 419 g/mol. The Morgan fingerprint density at radius 3 is 2.43 bits per heavy atom. The molecule has 0 atom stereocenters. The van der Waals surface area contributed by atoms with Gasteiger partial charge in [0.05, 0.1) is 10.5 Å². The van der Waals surface area contributed by atoms with Crippen LogP contribution in [-0.2, 0) is 0 Å². The lowest BCUT2D eigenvalue weighted by atomic mass is 10.1. The van der Waals surface area contributed by atoms with Gasteiger partial charge >= 0.3 is 22.6 Å². The van der Waals surface area contributed by atoms with Gasteiger partial charge in [-0.05, 0) is 30.2 Å². The lowest BCUT2D eigenvalue weighted by molar-refractivity contribution is -0.611. The molecule has 0 bridgehead atoms. The minimum absolute atomic E-state index is 0.0665. The molecule has 2 N–H and O–H groups in total. The number of rotatable bonds is 3. The summed E-state index contributed by atoms with van der Waals surface area (Å²) in [6, 6.07) is 1.70. The zero-order valence-electron chi connectivity index (χ0n) is 14.1. The van der Waals surface area contributed by atoms with Crippen LogP contribution >= 0.6 is 23.2 Å². The molecule has 3 aromatic rings. The number of halogens is 2. The summed E-state index contributed by atoms with van der Waals surface area (Å²) in [6.07, 6.45) is 0. The van der Waals surface area contributed by atoms with Gasteiger partial charge in [0.1, 0.15) is 5.02 Å². The van der Waals surface area contributed by atoms with Gasteiger partial charge in [-0.2, -0.15) is 9.46 Å². The number of phenolic OH excluding ortho intramolecular Hbond substituents is 2. The van der Waals surface area contributed by atoms with Gasteiger partial charge in [-0.3, -0.25) is 10.1 Å². The van der Waals surface area contributed by atoms with Crippen LogP contribution in [0.25, 0.3) is 22.8 Å². The van der Waals surface area contributed by atoms with Crippen LogP contribution in [0.2, 0.25) is 10.2 Å². The maximum atomic E-state index is 12.7. The number of pyridine rings is 1. The Morgan fingerprint density at radius 1 is 1.18 bits per heavy atom. The zero-order valence-corrected chi connectivity index (χ0v) is 15.6. The predicted molar refractivity (Wildman–Crippen MR) is 94.8 cm³/mol. The molecule has 3 rings (SSSR count). The Morgan fingerprint density at radius 2 is 1.82 bits per heavy atom. The second kappa shape index (κ2) is 6.69. The summed E-state index contributed by atoms with van der Waals surface area (Å²) < 4.78 is 5.41. The van der Waals surface area contributed by atoms with Crippen molar-refractivity contribution >= 4 is 28.9 Å². The van der Waals surface area contributed by atoms with Crippen LogP contribution in [0.4, 0.5) is 5.69 Å². The monoisotopic (exact) mass is 428 g/mol. The van der Waals surface area contributed by atoms with E-state index < -0.39 is 33.8 Å². The van der Waals surface area contributed by atoms with Crippen molar-refractivity contribution in [3.05, 3.63) is 54.1 Å². The van der Waals surface area contributed by atoms with E-state index in [1.165, 1.54) is 13.8 Å². The third kappa shape index (κ3) is 2.80. The normalized spacial score (nSPS) is 11.0. The van der Waals surface area contributed by atoms with Gasteiger partial charge in [0.2, 0.25) is 11.4 Å². The summed E-state index contributed by atoms with van der Waals surface area (Å²) in [6.45, 7) is 2.96. The molecule has 0 saturated carbocycles. The molecule has 0 aliphatic carbocycles. The smallest absolute Gasteiger partial charge is 0.391 e. The van der Waals surface area contributed by atoms with Crippen LogP contribution < -0.4 is 9.46 Å².